The molecule has 0 aromatic heterocycles. The Morgan fingerprint density at radius 1 is 0.857 bits per heavy atom. The fourth-order valence-electron chi connectivity index (χ4n) is 2.59. The molecule has 3 aromatic carbocycles. The summed E-state index contributed by atoms with van der Waals surface area (Å²) >= 11 is 0. The molecule has 0 heterocycles. The van der Waals surface area contributed by atoms with Crippen molar-refractivity contribution >= 4 is 15.7 Å². The van der Waals surface area contributed by atoms with Crippen molar-refractivity contribution in [2.24, 2.45) is 0 Å². The Balaban J connectivity index is 1.99. The van der Waals surface area contributed by atoms with Gasteiger partial charge in [-0.1, -0.05) is 47.7 Å². The van der Waals surface area contributed by atoms with Crippen LogP contribution in [0.4, 0.5) is 5.69 Å². The smallest absolute Gasteiger partial charge is 0.254 e. The number of nitriles is 1. The minimum atomic E-state index is -3.80. The fourth-order valence-corrected chi connectivity index (χ4v) is 3.96. The third-order valence-electron chi connectivity index (χ3n) is 4.12. The number of benzene rings is 3. The van der Waals surface area contributed by atoms with Crippen LogP contribution < -0.4 is 4.31 Å². The molecule has 0 amide bonds. The van der Waals surface area contributed by atoms with E-state index in [9.17, 15) is 8.42 Å². The van der Waals surface area contributed by atoms with Crippen molar-refractivity contribution in [2.45, 2.75) is 11.8 Å². The molecule has 0 atom stereocenters. The van der Waals surface area contributed by atoms with Gasteiger partial charge in [-0.15, -0.1) is 0 Å². The maximum Gasteiger partial charge on any atom is 0.265 e. The average molecular weight is 386 g/mol. The van der Waals surface area contributed by atoms with E-state index in [1.807, 2.05) is 43.3 Å². The standard InChI is InChI=1S/C23H18N2O2S/c1-19-9-15-23(16-10-19)28(26,27)25(22-13-11-21(18-24)12-14-22)17-5-8-20-6-3-2-4-7-20/h2-4,6-7,9-16H,17H2,1H3. The summed E-state index contributed by atoms with van der Waals surface area (Å²) in [5.74, 6) is 5.94. The second-order valence-electron chi connectivity index (χ2n) is 6.15. The molecule has 3 aromatic rings. The topological polar surface area (TPSA) is 61.2 Å². The summed E-state index contributed by atoms with van der Waals surface area (Å²) in [6.45, 7) is 1.90. The summed E-state index contributed by atoms with van der Waals surface area (Å²) in [6.07, 6.45) is 0. The molecule has 0 bridgehead atoms. The van der Waals surface area contributed by atoms with Gasteiger partial charge >= 0.3 is 0 Å². The molecule has 4 nitrogen and oxygen atoms in total. The molecule has 0 unspecified atom stereocenters. The zero-order chi connectivity index (χ0) is 20.0. The van der Waals surface area contributed by atoms with Crippen LogP contribution in [-0.4, -0.2) is 15.0 Å². The Morgan fingerprint density at radius 3 is 2.11 bits per heavy atom. The number of sulfonamides is 1. The van der Waals surface area contributed by atoms with Crippen molar-refractivity contribution < 1.29 is 8.42 Å². The van der Waals surface area contributed by atoms with Crippen molar-refractivity contribution in [1.82, 2.24) is 0 Å². The Hall–Kier alpha value is -3.54. The van der Waals surface area contributed by atoms with Crippen LogP contribution in [0.2, 0.25) is 0 Å². The van der Waals surface area contributed by atoms with E-state index in [4.69, 9.17) is 5.26 Å². The maximum absolute atomic E-state index is 13.2. The molecular formula is C23H18N2O2S. The Morgan fingerprint density at radius 2 is 1.50 bits per heavy atom. The molecule has 3 rings (SSSR count). The Labute approximate surface area is 165 Å². The fraction of sp³-hybridized carbons (Fsp3) is 0.0870. The first-order valence-electron chi connectivity index (χ1n) is 8.64. The number of nitrogens with zero attached hydrogens (tertiary/aromatic N) is 2. The molecule has 28 heavy (non-hydrogen) atoms. The Bertz CT molecular complexity index is 1150. The summed E-state index contributed by atoms with van der Waals surface area (Å²) in [4.78, 5) is 0.198. The van der Waals surface area contributed by atoms with Crippen LogP contribution in [0, 0.1) is 30.1 Å². The molecule has 0 aliphatic rings. The normalized spacial score (nSPS) is 10.4. The minimum Gasteiger partial charge on any atom is -0.254 e. The molecule has 0 radical (unpaired) electrons. The van der Waals surface area contributed by atoms with Gasteiger partial charge in [-0.3, -0.25) is 4.31 Å². The lowest BCUT2D eigenvalue weighted by Gasteiger charge is -2.22. The van der Waals surface area contributed by atoms with E-state index >= 15 is 0 Å². The molecule has 0 saturated heterocycles. The van der Waals surface area contributed by atoms with Gasteiger partial charge in [0.2, 0.25) is 0 Å². The van der Waals surface area contributed by atoms with Gasteiger partial charge in [0.25, 0.3) is 10.0 Å². The van der Waals surface area contributed by atoms with Crippen LogP contribution in [0.1, 0.15) is 16.7 Å². The van der Waals surface area contributed by atoms with Crippen LogP contribution >= 0.6 is 0 Å². The monoisotopic (exact) mass is 386 g/mol. The first-order valence-corrected chi connectivity index (χ1v) is 10.1. The van der Waals surface area contributed by atoms with Gasteiger partial charge < -0.3 is 0 Å². The summed E-state index contributed by atoms with van der Waals surface area (Å²) in [7, 11) is -3.80. The van der Waals surface area contributed by atoms with Gasteiger partial charge in [0.1, 0.15) is 0 Å². The van der Waals surface area contributed by atoms with Crippen LogP contribution in [0.25, 0.3) is 0 Å². The molecule has 0 spiro atoms. The minimum absolute atomic E-state index is 0.00297. The lowest BCUT2D eigenvalue weighted by atomic mass is 10.2. The highest BCUT2D eigenvalue weighted by atomic mass is 32.2. The van der Waals surface area contributed by atoms with E-state index in [0.29, 0.717) is 11.3 Å². The van der Waals surface area contributed by atoms with E-state index in [1.165, 1.54) is 4.31 Å². The van der Waals surface area contributed by atoms with Gasteiger partial charge in [0.15, 0.2) is 0 Å². The largest absolute Gasteiger partial charge is 0.265 e. The highest BCUT2D eigenvalue weighted by Crippen LogP contribution is 2.24. The zero-order valence-corrected chi connectivity index (χ0v) is 16.1. The number of hydrogen-bond donors (Lipinski definition) is 0. The molecule has 0 fully saturated rings. The highest BCUT2D eigenvalue weighted by molar-refractivity contribution is 7.92. The molecule has 0 saturated carbocycles. The third kappa shape index (κ3) is 4.40. The van der Waals surface area contributed by atoms with Gasteiger partial charge in [-0.25, -0.2) is 8.42 Å². The third-order valence-corrected chi connectivity index (χ3v) is 5.91. The predicted molar refractivity (Wildman–Crippen MR) is 110 cm³/mol. The Kier molecular flexibility index (Phi) is 5.79. The SMILES string of the molecule is Cc1ccc(S(=O)(=O)N(CC#Cc2ccccc2)c2ccc(C#N)cc2)cc1. The van der Waals surface area contributed by atoms with Crippen LogP contribution in [0.3, 0.4) is 0 Å². The number of hydrogen-bond acceptors (Lipinski definition) is 3. The van der Waals surface area contributed by atoms with E-state index in [0.717, 1.165) is 11.1 Å². The molecule has 0 aliphatic heterocycles. The van der Waals surface area contributed by atoms with Gasteiger partial charge in [-0.05, 0) is 55.5 Å². The number of rotatable bonds is 4. The van der Waals surface area contributed by atoms with Crippen molar-refractivity contribution in [1.29, 1.82) is 5.26 Å². The van der Waals surface area contributed by atoms with Crippen LogP contribution in [0.15, 0.2) is 83.8 Å². The summed E-state index contributed by atoms with van der Waals surface area (Å²) in [5.41, 5.74) is 2.72. The van der Waals surface area contributed by atoms with Crippen molar-refractivity contribution in [3.05, 3.63) is 95.6 Å². The highest BCUT2D eigenvalue weighted by Gasteiger charge is 2.24. The van der Waals surface area contributed by atoms with E-state index in [2.05, 4.69) is 11.8 Å². The van der Waals surface area contributed by atoms with E-state index < -0.39 is 10.0 Å². The zero-order valence-electron chi connectivity index (χ0n) is 15.3. The number of anilines is 1. The molecule has 5 heteroatoms. The summed E-state index contributed by atoms with van der Waals surface area (Å²) in [5, 5.41) is 8.99. The predicted octanol–water partition coefficient (Wildman–Crippen LogP) is 4.11. The number of aryl methyl sites for hydroxylation is 1. The maximum atomic E-state index is 13.2. The van der Waals surface area contributed by atoms with Crippen LogP contribution in [-0.2, 0) is 10.0 Å². The molecule has 138 valence electrons. The molecule has 0 N–H and O–H groups in total. The lowest BCUT2D eigenvalue weighted by Crippen LogP contribution is -2.31. The lowest BCUT2D eigenvalue weighted by molar-refractivity contribution is 0.593. The van der Waals surface area contributed by atoms with Crippen molar-refractivity contribution in [2.75, 3.05) is 10.8 Å². The van der Waals surface area contributed by atoms with Gasteiger partial charge in [-0.2, -0.15) is 5.26 Å². The molecular weight excluding hydrogens is 368 g/mol. The average Bonchev–Trinajstić information content (AvgIpc) is 2.72. The van der Waals surface area contributed by atoms with Gasteiger partial charge in [0, 0.05) is 5.56 Å². The second-order valence-corrected chi connectivity index (χ2v) is 8.01. The van der Waals surface area contributed by atoms with Crippen LogP contribution in [0.5, 0.6) is 0 Å². The van der Waals surface area contributed by atoms with Gasteiger partial charge in [0.05, 0.1) is 28.8 Å². The first-order chi connectivity index (χ1) is 13.5. The van der Waals surface area contributed by atoms with Crippen molar-refractivity contribution in [3.63, 3.8) is 0 Å². The molecule has 0 aliphatic carbocycles. The van der Waals surface area contributed by atoms with E-state index in [1.54, 1.807) is 48.5 Å². The summed E-state index contributed by atoms with van der Waals surface area (Å²) < 4.78 is 27.7. The first kappa shape index (κ1) is 19.2. The second kappa shape index (κ2) is 8.43. The van der Waals surface area contributed by atoms with Crippen molar-refractivity contribution in [3.8, 4) is 17.9 Å². The van der Waals surface area contributed by atoms with E-state index in [-0.39, 0.29) is 11.4 Å². The quantitative estimate of drug-likeness (QED) is 0.634. The summed E-state index contributed by atoms with van der Waals surface area (Å²) in [6, 6.07) is 24.6.